The summed E-state index contributed by atoms with van der Waals surface area (Å²) in [4.78, 5) is 37.9. The normalized spacial score (nSPS) is 19.1. The lowest BCUT2D eigenvalue weighted by atomic mass is 9.86. The van der Waals surface area contributed by atoms with Crippen molar-refractivity contribution in [2.75, 3.05) is 13.7 Å². The smallest absolute Gasteiger partial charge is 0.409 e. The largest absolute Gasteiger partial charge is 0.453 e. The van der Waals surface area contributed by atoms with Crippen LogP contribution >= 0.6 is 0 Å². The van der Waals surface area contributed by atoms with Crippen molar-refractivity contribution in [3.63, 3.8) is 0 Å². The molecule has 2 unspecified atom stereocenters. The summed E-state index contributed by atoms with van der Waals surface area (Å²) in [6.07, 6.45) is 0.924. The molecule has 0 aromatic heterocycles. The van der Waals surface area contributed by atoms with Crippen LogP contribution in [0.2, 0.25) is 0 Å². The van der Waals surface area contributed by atoms with E-state index in [4.69, 9.17) is 4.74 Å². The van der Waals surface area contributed by atoms with Gasteiger partial charge in [0, 0.05) is 12.1 Å². The molecule has 1 aliphatic rings. The number of methoxy groups -OCH3 is 1. The number of amides is 1. The summed E-state index contributed by atoms with van der Waals surface area (Å²) in [7, 11) is 1.31. The third kappa shape index (κ3) is 3.12. The van der Waals surface area contributed by atoms with Gasteiger partial charge in [0.1, 0.15) is 11.7 Å². The van der Waals surface area contributed by atoms with Crippen molar-refractivity contribution in [3.05, 3.63) is 35.9 Å². The molecule has 112 valence electrons. The molecule has 1 fully saturated rings. The summed E-state index contributed by atoms with van der Waals surface area (Å²) in [6, 6.07) is 8.30. The molecule has 5 heteroatoms. The van der Waals surface area contributed by atoms with Gasteiger partial charge in [0.2, 0.25) is 0 Å². The van der Waals surface area contributed by atoms with Gasteiger partial charge in [-0.3, -0.25) is 9.59 Å². The van der Waals surface area contributed by atoms with Crippen molar-refractivity contribution in [2.45, 2.75) is 25.8 Å². The first-order valence-electron chi connectivity index (χ1n) is 7.00. The summed E-state index contributed by atoms with van der Waals surface area (Å²) in [5.74, 6) is -1.28. The Balaban J connectivity index is 2.29. The molecule has 1 aromatic carbocycles. The maximum atomic E-state index is 12.6. The zero-order valence-corrected chi connectivity index (χ0v) is 12.2. The minimum Gasteiger partial charge on any atom is -0.453 e. The highest BCUT2D eigenvalue weighted by Gasteiger charge is 2.41. The molecule has 5 nitrogen and oxygen atoms in total. The molecule has 0 bridgehead atoms. The Morgan fingerprint density at radius 2 is 1.90 bits per heavy atom. The van der Waals surface area contributed by atoms with Crippen LogP contribution in [-0.2, 0) is 9.53 Å². The summed E-state index contributed by atoms with van der Waals surface area (Å²) >= 11 is 0. The lowest BCUT2D eigenvalue weighted by Crippen LogP contribution is -2.45. The summed E-state index contributed by atoms with van der Waals surface area (Å²) in [6.45, 7) is 1.92. The van der Waals surface area contributed by atoms with Crippen LogP contribution in [0.15, 0.2) is 30.3 Å². The van der Waals surface area contributed by atoms with Gasteiger partial charge in [0.15, 0.2) is 5.78 Å². The van der Waals surface area contributed by atoms with Crippen LogP contribution in [0.5, 0.6) is 0 Å². The van der Waals surface area contributed by atoms with Gasteiger partial charge in [-0.15, -0.1) is 0 Å². The fraction of sp³-hybridized carbons (Fsp3) is 0.438. The van der Waals surface area contributed by atoms with Crippen molar-refractivity contribution < 1.29 is 19.1 Å². The Hall–Kier alpha value is -2.17. The van der Waals surface area contributed by atoms with Crippen LogP contribution in [0.25, 0.3) is 0 Å². The number of Topliss-reactive ketones (excluding diaryl/α,β-unsaturated/α-hetero) is 2. The van der Waals surface area contributed by atoms with E-state index in [2.05, 4.69) is 0 Å². The molecule has 21 heavy (non-hydrogen) atoms. The number of carbonyl (C=O) groups excluding carboxylic acids is 3. The van der Waals surface area contributed by atoms with E-state index in [1.165, 1.54) is 18.9 Å². The molecule has 1 heterocycles. The van der Waals surface area contributed by atoms with Gasteiger partial charge in [-0.1, -0.05) is 30.3 Å². The molecular weight excluding hydrogens is 270 g/mol. The fourth-order valence-electron chi connectivity index (χ4n) is 2.90. The van der Waals surface area contributed by atoms with Crippen LogP contribution in [0.4, 0.5) is 4.79 Å². The number of nitrogens with zero attached hydrogens (tertiary/aromatic N) is 1. The highest BCUT2D eigenvalue weighted by atomic mass is 16.5. The van der Waals surface area contributed by atoms with Crippen molar-refractivity contribution in [1.82, 2.24) is 4.90 Å². The quantitative estimate of drug-likeness (QED) is 0.630. The molecular formula is C16H19NO4. The van der Waals surface area contributed by atoms with Gasteiger partial charge in [0.25, 0.3) is 0 Å². The zero-order chi connectivity index (χ0) is 15.4. The molecule has 1 aliphatic heterocycles. The van der Waals surface area contributed by atoms with Crippen LogP contribution in [0, 0.1) is 5.92 Å². The minimum absolute atomic E-state index is 0.218. The second kappa shape index (κ2) is 6.52. The maximum absolute atomic E-state index is 12.6. The molecule has 2 atom stereocenters. The number of likely N-dealkylation sites (tertiary alicyclic amines) is 1. The van der Waals surface area contributed by atoms with Gasteiger partial charge in [-0.05, 0) is 19.8 Å². The van der Waals surface area contributed by atoms with Crippen molar-refractivity contribution in [3.8, 4) is 0 Å². The monoisotopic (exact) mass is 289 g/mol. The van der Waals surface area contributed by atoms with Crippen LogP contribution in [-0.4, -0.2) is 42.3 Å². The number of carbonyl (C=O) groups is 3. The number of benzene rings is 1. The number of ether oxygens (including phenoxy) is 1. The molecule has 0 radical (unpaired) electrons. The van der Waals surface area contributed by atoms with E-state index in [0.29, 0.717) is 18.5 Å². The Labute approximate surface area is 123 Å². The Morgan fingerprint density at radius 3 is 2.48 bits per heavy atom. The third-order valence-corrected chi connectivity index (χ3v) is 3.87. The first-order valence-corrected chi connectivity index (χ1v) is 7.00. The predicted molar refractivity (Wildman–Crippen MR) is 77.1 cm³/mol. The van der Waals surface area contributed by atoms with E-state index >= 15 is 0 Å². The van der Waals surface area contributed by atoms with Crippen molar-refractivity contribution >= 4 is 17.7 Å². The van der Waals surface area contributed by atoms with Crippen molar-refractivity contribution in [2.24, 2.45) is 5.92 Å². The average molecular weight is 289 g/mol. The molecule has 0 aliphatic carbocycles. The highest BCUT2D eigenvalue weighted by Crippen LogP contribution is 2.28. The first kappa shape index (κ1) is 15.2. The van der Waals surface area contributed by atoms with Gasteiger partial charge in [-0.2, -0.15) is 0 Å². The van der Waals surface area contributed by atoms with Crippen LogP contribution < -0.4 is 0 Å². The molecule has 2 rings (SSSR count). The zero-order valence-electron chi connectivity index (χ0n) is 12.2. The van der Waals surface area contributed by atoms with Gasteiger partial charge in [0.05, 0.1) is 13.2 Å². The standard InChI is InChI=1S/C16H19NO4/c1-11(18)14(15(19)12-7-4-3-5-8-12)13-9-6-10-17(13)16(20)21-2/h3-5,7-8,13-14H,6,9-10H2,1-2H3. The minimum atomic E-state index is -0.825. The molecule has 1 aromatic rings. The van der Waals surface area contributed by atoms with Crippen molar-refractivity contribution in [1.29, 1.82) is 0 Å². The van der Waals surface area contributed by atoms with E-state index in [1.54, 1.807) is 24.3 Å². The first-order chi connectivity index (χ1) is 10.1. The Bertz CT molecular complexity index is 540. The van der Waals surface area contributed by atoms with Gasteiger partial charge in [-0.25, -0.2) is 4.79 Å². The molecule has 0 saturated carbocycles. The number of hydrogen-bond donors (Lipinski definition) is 0. The SMILES string of the molecule is COC(=O)N1CCCC1C(C(C)=O)C(=O)c1ccccc1. The Morgan fingerprint density at radius 1 is 1.24 bits per heavy atom. The van der Waals surface area contributed by atoms with Crippen LogP contribution in [0.1, 0.15) is 30.1 Å². The topological polar surface area (TPSA) is 63.7 Å². The lowest BCUT2D eigenvalue weighted by molar-refractivity contribution is -0.120. The second-order valence-electron chi connectivity index (χ2n) is 5.19. The highest BCUT2D eigenvalue weighted by molar-refractivity contribution is 6.10. The third-order valence-electron chi connectivity index (χ3n) is 3.87. The number of rotatable bonds is 4. The van der Waals surface area contributed by atoms with E-state index in [-0.39, 0.29) is 11.6 Å². The van der Waals surface area contributed by atoms with Crippen LogP contribution in [0.3, 0.4) is 0 Å². The Kier molecular flexibility index (Phi) is 4.73. The second-order valence-corrected chi connectivity index (χ2v) is 5.19. The summed E-state index contributed by atoms with van der Waals surface area (Å²) in [5, 5.41) is 0. The van der Waals surface area contributed by atoms with E-state index in [0.717, 1.165) is 6.42 Å². The van der Waals surface area contributed by atoms with Gasteiger partial charge < -0.3 is 9.64 Å². The summed E-state index contributed by atoms with van der Waals surface area (Å²) < 4.78 is 4.74. The lowest BCUT2D eigenvalue weighted by Gasteiger charge is -2.28. The number of hydrogen-bond acceptors (Lipinski definition) is 4. The van der Waals surface area contributed by atoms with Gasteiger partial charge >= 0.3 is 6.09 Å². The maximum Gasteiger partial charge on any atom is 0.409 e. The predicted octanol–water partition coefficient (Wildman–Crippen LogP) is 2.31. The molecule has 0 spiro atoms. The number of ketones is 2. The molecule has 1 saturated heterocycles. The van der Waals surface area contributed by atoms with E-state index < -0.39 is 18.1 Å². The van der Waals surface area contributed by atoms with E-state index in [9.17, 15) is 14.4 Å². The summed E-state index contributed by atoms with van der Waals surface area (Å²) in [5.41, 5.74) is 0.495. The van der Waals surface area contributed by atoms with E-state index in [1.807, 2.05) is 6.07 Å². The average Bonchev–Trinajstić information content (AvgIpc) is 2.96. The molecule has 0 N–H and O–H groups in total. The molecule has 1 amide bonds. The fourth-order valence-corrected chi connectivity index (χ4v) is 2.90.